The van der Waals surface area contributed by atoms with Crippen LogP contribution in [-0.2, 0) is 4.79 Å². The van der Waals surface area contributed by atoms with E-state index in [1.807, 2.05) is 27.7 Å². The third kappa shape index (κ3) is 2.80. The minimum absolute atomic E-state index is 0.122. The summed E-state index contributed by atoms with van der Waals surface area (Å²) in [6, 6.07) is 0. The molecule has 70 valence electrons. The van der Waals surface area contributed by atoms with Gasteiger partial charge in [-0.15, -0.1) is 0 Å². The molecule has 0 aromatic rings. The molecule has 0 heterocycles. The van der Waals surface area contributed by atoms with E-state index in [1.54, 1.807) is 0 Å². The van der Waals surface area contributed by atoms with Crippen molar-refractivity contribution in [3.63, 3.8) is 0 Å². The van der Waals surface area contributed by atoms with E-state index in [2.05, 4.69) is 13.8 Å². The molecular weight excluding hydrogens is 148 g/mol. The number of allylic oxidation sites excluding steroid dienone is 2. The quantitative estimate of drug-likeness (QED) is 0.591. The molecule has 0 aromatic heterocycles. The summed E-state index contributed by atoms with van der Waals surface area (Å²) in [4.78, 5) is 11.7. The Morgan fingerprint density at radius 2 is 1.33 bits per heavy atom. The maximum absolute atomic E-state index is 11.7. The molecule has 0 bridgehead atoms. The monoisotopic (exact) mass is 168 g/mol. The zero-order chi connectivity index (χ0) is 9.89. The summed E-state index contributed by atoms with van der Waals surface area (Å²) in [5.74, 6) is 0.771. The van der Waals surface area contributed by atoms with E-state index in [4.69, 9.17) is 0 Å². The van der Waals surface area contributed by atoms with E-state index in [0.29, 0.717) is 11.7 Å². The van der Waals surface area contributed by atoms with Crippen molar-refractivity contribution in [3.8, 4) is 0 Å². The number of rotatable bonds is 3. The van der Waals surface area contributed by atoms with Gasteiger partial charge in [0.1, 0.15) is 0 Å². The summed E-state index contributed by atoms with van der Waals surface area (Å²) in [7, 11) is 0. The minimum Gasteiger partial charge on any atom is -0.294 e. The molecular formula is C11H20O. The first-order valence-electron chi connectivity index (χ1n) is 4.59. The molecule has 0 aromatic carbocycles. The molecule has 1 heteroatoms. The Balaban J connectivity index is 4.80. The molecule has 0 aliphatic heterocycles. The SMILES string of the molecule is CC(C)=C(C(=O)C(C)C)C(C)C. The summed E-state index contributed by atoms with van der Waals surface area (Å²) in [6.07, 6.45) is 0. The van der Waals surface area contributed by atoms with E-state index in [9.17, 15) is 4.79 Å². The first-order chi connectivity index (χ1) is 5.37. The lowest BCUT2D eigenvalue weighted by molar-refractivity contribution is -0.118. The maximum Gasteiger partial charge on any atom is 0.161 e. The highest BCUT2D eigenvalue weighted by Crippen LogP contribution is 2.19. The third-order valence-corrected chi connectivity index (χ3v) is 1.91. The van der Waals surface area contributed by atoms with Crippen molar-refractivity contribution in [2.24, 2.45) is 11.8 Å². The predicted octanol–water partition coefficient (Wildman–Crippen LogP) is 3.20. The van der Waals surface area contributed by atoms with Crippen LogP contribution in [0, 0.1) is 11.8 Å². The van der Waals surface area contributed by atoms with Gasteiger partial charge in [-0.25, -0.2) is 0 Å². The Morgan fingerprint density at radius 1 is 0.917 bits per heavy atom. The zero-order valence-electron chi connectivity index (χ0n) is 9.06. The Bertz CT molecular complexity index is 193. The molecule has 0 amide bonds. The molecule has 0 spiro atoms. The molecule has 0 radical (unpaired) electrons. The Morgan fingerprint density at radius 3 is 1.42 bits per heavy atom. The molecule has 0 saturated carbocycles. The van der Waals surface area contributed by atoms with Gasteiger partial charge in [-0.05, 0) is 25.3 Å². The summed E-state index contributed by atoms with van der Waals surface area (Å²) in [6.45, 7) is 12.1. The van der Waals surface area contributed by atoms with Gasteiger partial charge in [0.2, 0.25) is 0 Å². The van der Waals surface area contributed by atoms with Crippen LogP contribution < -0.4 is 0 Å². The molecule has 12 heavy (non-hydrogen) atoms. The largest absolute Gasteiger partial charge is 0.294 e. The Labute approximate surface area is 75.9 Å². The molecule has 0 rings (SSSR count). The summed E-state index contributed by atoms with van der Waals surface area (Å²) in [5, 5.41) is 0. The van der Waals surface area contributed by atoms with Crippen LogP contribution in [-0.4, -0.2) is 5.78 Å². The average molecular weight is 168 g/mol. The van der Waals surface area contributed by atoms with Crippen LogP contribution in [0.15, 0.2) is 11.1 Å². The molecule has 0 atom stereocenters. The molecule has 0 fully saturated rings. The predicted molar refractivity (Wildman–Crippen MR) is 53.1 cm³/mol. The van der Waals surface area contributed by atoms with E-state index in [1.165, 1.54) is 0 Å². The lowest BCUT2D eigenvalue weighted by Crippen LogP contribution is -2.15. The normalized spacial score (nSPS) is 10.7. The molecule has 0 unspecified atom stereocenters. The molecule has 0 aliphatic rings. The van der Waals surface area contributed by atoms with Crippen LogP contribution in [0.2, 0.25) is 0 Å². The number of ketones is 1. The number of carbonyl (C=O) groups is 1. The highest BCUT2D eigenvalue weighted by Gasteiger charge is 2.17. The van der Waals surface area contributed by atoms with Crippen molar-refractivity contribution < 1.29 is 4.79 Å². The van der Waals surface area contributed by atoms with E-state index < -0.39 is 0 Å². The van der Waals surface area contributed by atoms with Gasteiger partial charge < -0.3 is 0 Å². The van der Waals surface area contributed by atoms with Crippen molar-refractivity contribution in [1.29, 1.82) is 0 Å². The Kier molecular flexibility index (Phi) is 4.22. The van der Waals surface area contributed by atoms with Crippen molar-refractivity contribution >= 4 is 5.78 Å². The minimum atomic E-state index is 0.122. The van der Waals surface area contributed by atoms with E-state index in [0.717, 1.165) is 11.1 Å². The highest BCUT2D eigenvalue weighted by molar-refractivity contribution is 5.97. The second-order valence-corrected chi connectivity index (χ2v) is 4.09. The first kappa shape index (κ1) is 11.4. The fourth-order valence-electron chi connectivity index (χ4n) is 1.42. The summed E-state index contributed by atoms with van der Waals surface area (Å²) in [5.41, 5.74) is 2.16. The van der Waals surface area contributed by atoms with Crippen molar-refractivity contribution in [1.82, 2.24) is 0 Å². The maximum atomic E-state index is 11.7. The second-order valence-electron chi connectivity index (χ2n) is 4.09. The van der Waals surface area contributed by atoms with Gasteiger partial charge >= 0.3 is 0 Å². The number of hydrogen-bond acceptors (Lipinski definition) is 1. The van der Waals surface area contributed by atoms with Crippen LogP contribution in [0.5, 0.6) is 0 Å². The Hall–Kier alpha value is -0.590. The summed E-state index contributed by atoms with van der Waals surface area (Å²) >= 11 is 0. The number of carbonyl (C=O) groups excluding carboxylic acids is 1. The third-order valence-electron chi connectivity index (χ3n) is 1.91. The van der Waals surface area contributed by atoms with Crippen molar-refractivity contribution in [2.75, 3.05) is 0 Å². The number of hydrogen-bond donors (Lipinski definition) is 0. The zero-order valence-corrected chi connectivity index (χ0v) is 9.06. The smallest absolute Gasteiger partial charge is 0.161 e. The van der Waals surface area contributed by atoms with Gasteiger partial charge in [0.15, 0.2) is 5.78 Å². The second kappa shape index (κ2) is 4.44. The van der Waals surface area contributed by atoms with Crippen LogP contribution >= 0.6 is 0 Å². The van der Waals surface area contributed by atoms with Crippen molar-refractivity contribution in [2.45, 2.75) is 41.5 Å². The van der Waals surface area contributed by atoms with Gasteiger partial charge in [-0.3, -0.25) is 4.79 Å². The van der Waals surface area contributed by atoms with Gasteiger partial charge in [0.25, 0.3) is 0 Å². The van der Waals surface area contributed by atoms with Crippen LogP contribution in [0.4, 0.5) is 0 Å². The van der Waals surface area contributed by atoms with Crippen LogP contribution in [0.1, 0.15) is 41.5 Å². The van der Waals surface area contributed by atoms with E-state index in [-0.39, 0.29) is 5.92 Å². The van der Waals surface area contributed by atoms with E-state index >= 15 is 0 Å². The lowest BCUT2D eigenvalue weighted by Gasteiger charge is -2.14. The van der Waals surface area contributed by atoms with Gasteiger partial charge in [-0.2, -0.15) is 0 Å². The number of Topliss-reactive ketones (excluding diaryl/α,β-unsaturated/α-hetero) is 1. The topological polar surface area (TPSA) is 17.1 Å². The van der Waals surface area contributed by atoms with Crippen LogP contribution in [0.25, 0.3) is 0 Å². The van der Waals surface area contributed by atoms with Gasteiger partial charge in [0.05, 0.1) is 0 Å². The molecule has 1 nitrogen and oxygen atoms in total. The fourth-order valence-corrected chi connectivity index (χ4v) is 1.42. The molecule has 0 N–H and O–H groups in total. The molecule has 0 aliphatic carbocycles. The lowest BCUT2D eigenvalue weighted by atomic mass is 9.89. The standard InChI is InChI=1S/C11H20O/c1-7(2)10(8(3)4)11(12)9(5)6/h7,9H,1-6H3. The summed E-state index contributed by atoms with van der Waals surface area (Å²) < 4.78 is 0. The average Bonchev–Trinajstić information content (AvgIpc) is 1.85. The fraction of sp³-hybridized carbons (Fsp3) is 0.727. The first-order valence-corrected chi connectivity index (χ1v) is 4.59. The van der Waals surface area contributed by atoms with Gasteiger partial charge in [-0.1, -0.05) is 33.3 Å². The van der Waals surface area contributed by atoms with Gasteiger partial charge in [0, 0.05) is 5.92 Å². The van der Waals surface area contributed by atoms with Crippen LogP contribution in [0.3, 0.4) is 0 Å². The highest BCUT2D eigenvalue weighted by atomic mass is 16.1. The van der Waals surface area contributed by atoms with Crippen molar-refractivity contribution in [3.05, 3.63) is 11.1 Å². The molecule has 0 saturated heterocycles.